The van der Waals surface area contributed by atoms with E-state index in [1.807, 2.05) is 66.7 Å². The van der Waals surface area contributed by atoms with Gasteiger partial charge in [-0.05, 0) is 29.7 Å². The molecule has 36 heavy (non-hydrogen) atoms. The second-order valence-electron chi connectivity index (χ2n) is 8.25. The van der Waals surface area contributed by atoms with Crippen LogP contribution in [-0.4, -0.2) is 48.8 Å². The molecule has 186 valence electrons. The van der Waals surface area contributed by atoms with E-state index in [0.29, 0.717) is 17.9 Å². The number of hydrogen-bond acceptors (Lipinski definition) is 5. The number of benzene rings is 3. The van der Waals surface area contributed by atoms with Crippen LogP contribution in [0.15, 0.2) is 78.9 Å². The minimum atomic E-state index is -1.72. The van der Waals surface area contributed by atoms with Crippen LogP contribution in [0.4, 0.5) is 5.69 Å². The van der Waals surface area contributed by atoms with Gasteiger partial charge in [-0.3, -0.25) is 9.59 Å². The van der Waals surface area contributed by atoms with Crippen molar-refractivity contribution >= 4 is 23.5 Å². The Balaban J connectivity index is 1.63. The molecule has 0 aliphatic carbocycles. The monoisotopic (exact) mass is 488 g/mol. The highest BCUT2D eigenvalue weighted by atomic mass is 16.5. The minimum Gasteiger partial charge on any atom is -0.479 e. The molecule has 0 spiro atoms. The number of carboxylic acids is 1. The summed E-state index contributed by atoms with van der Waals surface area (Å²) in [4.78, 5) is 40.0. The smallest absolute Gasteiger partial charge is 0.342 e. The molecule has 0 fully saturated rings. The lowest BCUT2D eigenvalue weighted by Gasteiger charge is -2.27. The number of aliphatic carboxylic acids is 1. The molecule has 8 nitrogen and oxygen atoms in total. The van der Waals surface area contributed by atoms with Gasteiger partial charge in [-0.15, -0.1) is 0 Å². The van der Waals surface area contributed by atoms with Crippen molar-refractivity contribution in [2.45, 2.75) is 25.7 Å². The molecule has 1 aliphatic rings. The van der Waals surface area contributed by atoms with E-state index in [9.17, 15) is 19.5 Å². The van der Waals surface area contributed by atoms with Crippen LogP contribution in [0.1, 0.15) is 24.1 Å². The standard InChI is InChI=1S/C28H28N2O6/c1-2-36-25(28(33)34)26(31)29-24-22-14-7-6-12-20(22)21-13-8-9-15-23(21)30(27(24)32)16-17-35-18-19-10-4-3-5-11-19/h3-15,24-25H,2,16-18H2,1H3,(H,29,31)(H,33,34)/t24?,25-/m0/s1. The van der Waals surface area contributed by atoms with Crippen molar-refractivity contribution in [2.75, 3.05) is 24.7 Å². The maximum atomic E-state index is 13.9. The predicted octanol–water partition coefficient (Wildman–Crippen LogP) is 3.56. The summed E-state index contributed by atoms with van der Waals surface area (Å²) in [6.07, 6.45) is -1.72. The molecular formula is C28H28N2O6. The highest BCUT2D eigenvalue weighted by Gasteiger charge is 2.37. The summed E-state index contributed by atoms with van der Waals surface area (Å²) in [6, 6.07) is 23.4. The van der Waals surface area contributed by atoms with Crippen molar-refractivity contribution < 1.29 is 29.0 Å². The largest absolute Gasteiger partial charge is 0.479 e. The number of hydrogen-bond donors (Lipinski definition) is 2. The molecule has 0 saturated heterocycles. The molecule has 0 radical (unpaired) electrons. The van der Waals surface area contributed by atoms with Crippen LogP contribution in [0.5, 0.6) is 0 Å². The molecule has 2 N–H and O–H groups in total. The van der Waals surface area contributed by atoms with Gasteiger partial charge in [0.15, 0.2) is 0 Å². The molecule has 0 saturated carbocycles. The Morgan fingerprint density at radius 3 is 2.36 bits per heavy atom. The molecule has 0 bridgehead atoms. The van der Waals surface area contributed by atoms with Crippen LogP contribution in [-0.2, 0) is 30.5 Å². The number of para-hydroxylation sites is 1. The summed E-state index contributed by atoms with van der Waals surface area (Å²) in [5.41, 5.74) is 3.91. The highest BCUT2D eigenvalue weighted by molar-refractivity contribution is 6.08. The predicted molar refractivity (Wildman–Crippen MR) is 134 cm³/mol. The fraction of sp³-hybridized carbons (Fsp3) is 0.250. The van der Waals surface area contributed by atoms with E-state index in [4.69, 9.17) is 9.47 Å². The van der Waals surface area contributed by atoms with Crippen molar-refractivity contribution in [1.29, 1.82) is 0 Å². The van der Waals surface area contributed by atoms with Crippen molar-refractivity contribution in [2.24, 2.45) is 0 Å². The molecule has 3 aromatic rings. The molecule has 2 atom stereocenters. The first kappa shape index (κ1) is 25.1. The fourth-order valence-electron chi connectivity index (χ4n) is 4.27. The van der Waals surface area contributed by atoms with E-state index in [1.54, 1.807) is 24.0 Å². The maximum absolute atomic E-state index is 13.9. The second-order valence-corrected chi connectivity index (χ2v) is 8.25. The van der Waals surface area contributed by atoms with Gasteiger partial charge in [-0.1, -0.05) is 72.8 Å². The van der Waals surface area contributed by atoms with E-state index < -0.39 is 24.0 Å². The van der Waals surface area contributed by atoms with E-state index >= 15 is 0 Å². The molecule has 8 heteroatoms. The zero-order valence-corrected chi connectivity index (χ0v) is 19.9. The third kappa shape index (κ3) is 5.45. The van der Waals surface area contributed by atoms with Crippen LogP contribution >= 0.6 is 0 Å². The van der Waals surface area contributed by atoms with Crippen molar-refractivity contribution in [3.05, 3.63) is 90.0 Å². The van der Waals surface area contributed by atoms with Crippen LogP contribution in [0, 0.1) is 0 Å². The molecule has 3 aromatic carbocycles. The molecular weight excluding hydrogens is 460 g/mol. The van der Waals surface area contributed by atoms with Gasteiger partial charge in [0.1, 0.15) is 6.04 Å². The number of nitrogens with one attached hydrogen (secondary N) is 1. The van der Waals surface area contributed by atoms with Gasteiger partial charge >= 0.3 is 5.97 Å². The Bertz CT molecular complexity index is 1230. The van der Waals surface area contributed by atoms with Gasteiger partial charge in [0, 0.05) is 18.7 Å². The zero-order valence-electron chi connectivity index (χ0n) is 19.9. The summed E-state index contributed by atoms with van der Waals surface area (Å²) < 4.78 is 11.0. The topological polar surface area (TPSA) is 105 Å². The highest BCUT2D eigenvalue weighted by Crippen LogP contribution is 2.40. The SMILES string of the molecule is CCO[C@H](C(=O)O)C(=O)NC1C(=O)N(CCOCc2ccccc2)c2ccccc2-c2ccccc21. The lowest BCUT2D eigenvalue weighted by molar-refractivity contribution is -0.157. The van der Waals surface area contributed by atoms with E-state index in [1.165, 1.54) is 0 Å². The number of nitrogens with zero attached hydrogens (tertiary/aromatic N) is 1. The van der Waals surface area contributed by atoms with Gasteiger partial charge < -0.3 is 24.8 Å². The number of carboxylic acid groups (broad SMARTS) is 1. The van der Waals surface area contributed by atoms with Gasteiger partial charge in [0.05, 0.1) is 18.9 Å². The maximum Gasteiger partial charge on any atom is 0.342 e. The number of fused-ring (bicyclic) bond motifs is 3. The summed E-state index contributed by atoms with van der Waals surface area (Å²) >= 11 is 0. The minimum absolute atomic E-state index is 0.0376. The average molecular weight is 489 g/mol. The first-order chi connectivity index (χ1) is 17.5. The van der Waals surface area contributed by atoms with E-state index in [-0.39, 0.29) is 25.7 Å². The quantitative estimate of drug-likeness (QED) is 0.334. The summed E-state index contributed by atoms with van der Waals surface area (Å²) in [5, 5.41) is 12.1. The molecule has 1 aliphatic heterocycles. The number of amides is 2. The summed E-state index contributed by atoms with van der Waals surface area (Å²) in [5.74, 6) is -2.69. The molecule has 1 heterocycles. The summed E-state index contributed by atoms with van der Waals surface area (Å²) in [6.45, 7) is 2.55. The lowest BCUT2D eigenvalue weighted by atomic mass is 9.95. The van der Waals surface area contributed by atoms with Crippen LogP contribution in [0.2, 0.25) is 0 Å². The Hall–Kier alpha value is -4.01. The number of ether oxygens (including phenoxy) is 2. The van der Waals surface area contributed by atoms with Crippen molar-refractivity contribution in [1.82, 2.24) is 5.32 Å². The average Bonchev–Trinajstić information content (AvgIpc) is 2.99. The zero-order chi connectivity index (χ0) is 25.5. The number of anilines is 1. The Labute approximate surface area is 209 Å². The molecule has 2 amide bonds. The Morgan fingerprint density at radius 2 is 1.64 bits per heavy atom. The molecule has 4 rings (SSSR count). The first-order valence-electron chi connectivity index (χ1n) is 11.8. The van der Waals surface area contributed by atoms with Crippen molar-refractivity contribution in [3.63, 3.8) is 0 Å². The van der Waals surface area contributed by atoms with E-state index in [0.717, 1.165) is 16.7 Å². The molecule has 0 aromatic heterocycles. The fourth-order valence-corrected chi connectivity index (χ4v) is 4.27. The van der Waals surface area contributed by atoms with Crippen LogP contribution in [0.3, 0.4) is 0 Å². The van der Waals surface area contributed by atoms with Crippen LogP contribution in [0.25, 0.3) is 11.1 Å². The normalized spacial score (nSPS) is 15.4. The molecule has 1 unspecified atom stereocenters. The lowest BCUT2D eigenvalue weighted by Crippen LogP contribution is -2.48. The van der Waals surface area contributed by atoms with Crippen LogP contribution < -0.4 is 10.2 Å². The first-order valence-corrected chi connectivity index (χ1v) is 11.8. The van der Waals surface area contributed by atoms with Crippen molar-refractivity contribution in [3.8, 4) is 11.1 Å². The number of carbonyl (C=O) groups excluding carboxylic acids is 2. The summed E-state index contributed by atoms with van der Waals surface area (Å²) in [7, 11) is 0. The number of carbonyl (C=O) groups is 3. The Morgan fingerprint density at radius 1 is 0.972 bits per heavy atom. The van der Waals surface area contributed by atoms with Gasteiger partial charge in [-0.2, -0.15) is 0 Å². The van der Waals surface area contributed by atoms with E-state index in [2.05, 4.69) is 5.32 Å². The Kier molecular flexibility index (Phi) is 8.10. The van der Waals surface area contributed by atoms with Gasteiger partial charge in [-0.25, -0.2) is 4.79 Å². The van der Waals surface area contributed by atoms with Gasteiger partial charge in [0.25, 0.3) is 11.8 Å². The number of rotatable bonds is 10. The third-order valence-electron chi connectivity index (χ3n) is 5.92. The second kappa shape index (κ2) is 11.6. The van der Waals surface area contributed by atoms with Gasteiger partial charge in [0.2, 0.25) is 6.10 Å². The third-order valence-corrected chi connectivity index (χ3v) is 5.92.